The Hall–Kier alpha value is -3.33. The number of aromatic nitrogens is 3. The Morgan fingerprint density at radius 3 is 2.68 bits per heavy atom. The lowest BCUT2D eigenvalue weighted by Crippen LogP contribution is -2.25. The number of carbonyl (C=O) groups excluding carboxylic acids is 2. The summed E-state index contributed by atoms with van der Waals surface area (Å²) in [5.74, 6) is 0.960. The summed E-state index contributed by atoms with van der Waals surface area (Å²) in [5.41, 5.74) is 2.30. The number of thioether (sulfide) groups is 1. The van der Waals surface area contributed by atoms with Crippen molar-refractivity contribution in [3.05, 3.63) is 65.5 Å². The Morgan fingerprint density at radius 1 is 1.13 bits per heavy atom. The second-order valence-corrected chi connectivity index (χ2v) is 7.67. The number of rotatable bonds is 9. The van der Waals surface area contributed by atoms with E-state index < -0.39 is 0 Å². The summed E-state index contributed by atoms with van der Waals surface area (Å²) < 4.78 is 7.12. The second-order valence-electron chi connectivity index (χ2n) is 6.73. The van der Waals surface area contributed by atoms with E-state index in [-0.39, 0.29) is 24.1 Å². The SMILES string of the molecule is CCn1c(CNC(=O)c2ccccc2OC)nnc1SCC(=O)Nc1cccc(C)c1. The molecule has 0 aliphatic rings. The third-order valence-electron chi connectivity index (χ3n) is 4.50. The van der Waals surface area contributed by atoms with Crippen molar-refractivity contribution in [2.24, 2.45) is 0 Å². The zero-order valence-corrected chi connectivity index (χ0v) is 18.5. The molecule has 8 nitrogen and oxygen atoms in total. The zero-order valence-electron chi connectivity index (χ0n) is 17.7. The molecule has 2 N–H and O–H groups in total. The van der Waals surface area contributed by atoms with E-state index in [0.717, 1.165) is 11.3 Å². The highest BCUT2D eigenvalue weighted by molar-refractivity contribution is 7.99. The fraction of sp³-hybridized carbons (Fsp3) is 0.273. The molecule has 3 aromatic rings. The Kier molecular flexibility index (Phi) is 7.66. The fourth-order valence-corrected chi connectivity index (χ4v) is 3.83. The number of nitrogens with one attached hydrogen (secondary N) is 2. The monoisotopic (exact) mass is 439 g/mol. The molecule has 1 aromatic heterocycles. The van der Waals surface area contributed by atoms with Crippen LogP contribution in [0.1, 0.15) is 28.7 Å². The van der Waals surface area contributed by atoms with Gasteiger partial charge in [0.2, 0.25) is 5.91 Å². The summed E-state index contributed by atoms with van der Waals surface area (Å²) in [6, 6.07) is 14.7. The molecule has 9 heteroatoms. The van der Waals surface area contributed by atoms with Crippen LogP contribution in [0, 0.1) is 6.92 Å². The molecule has 31 heavy (non-hydrogen) atoms. The summed E-state index contributed by atoms with van der Waals surface area (Å²) in [7, 11) is 1.53. The number of para-hydroxylation sites is 1. The number of hydrogen-bond donors (Lipinski definition) is 2. The van der Waals surface area contributed by atoms with Gasteiger partial charge < -0.3 is 19.9 Å². The Labute approximate surface area is 185 Å². The van der Waals surface area contributed by atoms with Crippen molar-refractivity contribution in [1.82, 2.24) is 20.1 Å². The number of anilines is 1. The van der Waals surface area contributed by atoms with Gasteiger partial charge in [-0.25, -0.2) is 0 Å². The molecule has 2 amide bonds. The highest BCUT2D eigenvalue weighted by atomic mass is 32.2. The van der Waals surface area contributed by atoms with Gasteiger partial charge in [0.25, 0.3) is 5.91 Å². The minimum atomic E-state index is -0.255. The molecule has 0 radical (unpaired) electrons. The largest absolute Gasteiger partial charge is 0.496 e. The van der Waals surface area contributed by atoms with E-state index in [2.05, 4.69) is 20.8 Å². The van der Waals surface area contributed by atoms with Crippen molar-refractivity contribution in [2.45, 2.75) is 32.1 Å². The summed E-state index contributed by atoms with van der Waals surface area (Å²) in [5, 5.41) is 14.7. The highest BCUT2D eigenvalue weighted by Crippen LogP contribution is 2.19. The number of methoxy groups -OCH3 is 1. The molecule has 0 atom stereocenters. The van der Waals surface area contributed by atoms with E-state index in [1.165, 1.54) is 18.9 Å². The lowest BCUT2D eigenvalue weighted by molar-refractivity contribution is -0.113. The molecule has 0 unspecified atom stereocenters. The van der Waals surface area contributed by atoms with Gasteiger partial charge in [0.1, 0.15) is 5.75 Å². The van der Waals surface area contributed by atoms with Crippen molar-refractivity contribution in [3.63, 3.8) is 0 Å². The molecule has 0 spiro atoms. The van der Waals surface area contributed by atoms with Crippen LogP contribution in [0.3, 0.4) is 0 Å². The number of ether oxygens (including phenoxy) is 1. The van der Waals surface area contributed by atoms with Crippen LogP contribution in [0.25, 0.3) is 0 Å². The predicted octanol–water partition coefficient (Wildman–Crippen LogP) is 3.28. The average molecular weight is 440 g/mol. The summed E-state index contributed by atoms with van der Waals surface area (Å²) >= 11 is 1.31. The maximum absolute atomic E-state index is 12.5. The number of nitrogens with zero attached hydrogens (tertiary/aromatic N) is 3. The molecule has 0 saturated carbocycles. The summed E-state index contributed by atoms with van der Waals surface area (Å²) in [6.45, 7) is 4.77. The molecule has 0 fully saturated rings. The Bertz CT molecular complexity index is 1070. The maximum atomic E-state index is 12.5. The number of amides is 2. The molecule has 3 rings (SSSR count). The smallest absolute Gasteiger partial charge is 0.255 e. The molecular weight excluding hydrogens is 414 g/mol. The van der Waals surface area contributed by atoms with E-state index in [9.17, 15) is 9.59 Å². The lowest BCUT2D eigenvalue weighted by atomic mass is 10.2. The fourth-order valence-electron chi connectivity index (χ4n) is 3.01. The highest BCUT2D eigenvalue weighted by Gasteiger charge is 2.16. The van der Waals surface area contributed by atoms with Gasteiger partial charge in [0, 0.05) is 12.2 Å². The van der Waals surface area contributed by atoms with Crippen LogP contribution in [-0.2, 0) is 17.9 Å². The standard InChI is InChI=1S/C22H25N5O3S/c1-4-27-19(13-23-21(29)17-10-5-6-11-18(17)30-3)25-26-22(27)31-14-20(28)24-16-9-7-8-15(2)12-16/h5-12H,4,13-14H2,1-3H3,(H,23,29)(H,24,28). The van der Waals surface area contributed by atoms with Gasteiger partial charge in [-0.15, -0.1) is 10.2 Å². The van der Waals surface area contributed by atoms with Crippen LogP contribution in [-0.4, -0.2) is 39.4 Å². The Balaban J connectivity index is 1.58. The number of benzene rings is 2. The average Bonchev–Trinajstić information content (AvgIpc) is 3.17. The quantitative estimate of drug-likeness (QED) is 0.497. The van der Waals surface area contributed by atoms with Crippen molar-refractivity contribution >= 4 is 29.3 Å². The van der Waals surface area contributed by atoms with Gasteiger partial charge in [-0.1, -0.05) is 36.0 Å². The molecule has 162 valence electrons. The molecule has 0 bridgehead atoms. The molecular formula is C22H25N5O3S. The first-order valence-corrected chi connectivity index (χ1v) is 10.8. The number of carbonyl (C=O) groups is 2. The zero-order chi connectivity index (χ0) is 22.2. The number of aryl methyl sites for hydroxylation is 1. The van der Waals surface area contributed by atoms with Crippen molar-refractivity contribution in [3.8, 4) is 5.75 Å². The van der Waals surface area contributed by atoms with Gasteiger partial charge in [-0.2, -0.15) is 0 Å². The van der Waals surface area contributed by atoms with Gasteiger partial charge in [0.15, 0.2) is 11.0 Å². The van der Waals surface area contributed by atoms with E-state index in [1.807, 2.05) is 48.7 Å². The predicted molar refractivity (Wildman–Crippen MR) is 120 cm³/mol. The van der Waals surface area contributed by atoms with Crippen LogP contribution >= 0.6 is 11.8 Å². The molecule has 1 heterocycles. The first kappa shape index (κ1) is 22.4. The van der Waals surface area contributed by atoms with Crippen LogP contribution in [0.5, 0.6) is 5.75 Å². The minimum absolute atomic E-state index is 0.118. The Morgan fingerprint density at radius 2 is 1.94 bits per heavy atom. The second kappa shape index (κ2) is 10.6. The lowest BCUT2D eigenvalue weighted by Gasteiger charge is -2.10. The third-order valence-corrected chi connectivity index (χ3v) is 5.47. The molecule has 0 aliphatic carbocycles. The van der Waals surface area contributed by atoms with Crippen LogP contribution in [0.4, 0.5) is 5.69 Å². The molecule has 2 aromatic carbocycles. The first-order chi connectivity index (χ1) is 15.0. The third kappa shape index (κ3) is 5.85. The molecule has 0 saturated heterocycles. The van der Waals surface area contributed by atoms with Crippen LogP contribution < -0.4 is 15.4 Å². The van der Waals surface area contributed by atoms with Crippen LogP contribution in [0.2, 0.25) is 0 Å². The van der Waals surface area contributed by atoms with Crippen molar-refractivity contribution in [1.29, 1.82) is 0 Å². The van der Waals surface area contributed by atoms with Crippen molar-refractivity contribution < 1.29 is 14.3 Å². The van der Waals surface area contributed by atoms with Crippen LogP contribution in [0.15, 0.2) is 53.7 Å². The number of hydrogen-bond acceptors (Lipinski definition) is 6. The summed E-state index contributed by atoms with van der Waals surface area (Å²) in [4.78, 5) is 24.8. The van der Waals surface area contributed by atoms with E-state index >= 15 is 0 Å². The first-order valence-electron chi connectivity index (χ1n) is 9.84. The maximum Gasteiger partial charge on any atom is 0.255 e. The van der Waals surface area contributed by atoms with Gasteiger partial charge >= 0.3 is 0 Å². The topological polar surface area (TPSA) is 98.1 Å². The van der Waals surface area contributed by atoms with Gasteiger partial charge in [0.05, 0.1) is 25.0 Å². The molecule has 0 aliphatic heterocycles. The van der Waals surface area contributed by atoms with Gasteiger partial charge in [-0.05, 0) is 43.7 Å². The van der Waals surface area contributed by atoms with Crippen molar-refractivity contribution in [2.75, 3.05) is 18.2 Å². The van der Waals surface area contributed by atoms with Gasteiger partial charge in [-0.3, -0.25) is 9.59 Å². The van der Waals surface area contributed by atoms with E-state index in [0.29, 0.717) is 28.8 Å². The van der Waals surface area contributed by atoms with E-state index in [1.54, 1.807) is 18.2 Å². The normalized spacial score (nSPS) is 10.5. The summed E-state index contributed by atoms with van der Waals surface area (Å²) in [6.07, 6.45) is 0. The minimum Gasteiger partial charge on any atom is -0.496 e. The van der Waals surface area contributed by atoms with E-state index in [4.69, 9.17) is 4.74 Å².